The van der Waals surface area contributed by atoms with Gasteiger partial charge >= 0.3 is 40.9 Å². The molecule has 0 spiro atoms. The fourth-order valence-electron chi connectivity index (χ4n) is 7.89. The standard InChI is InChI=1S/C48H30N4O8.3ClH.Mn/c53-45(54)29-13-5-1-9-25(29)41-33-17-19-35(49-33)42(26-10-2-6-14-30(26)46(55)56)37-21-23-39(51-37)44(28-12-4-8-16-32(28)48(59)60)40-24-22-38(52-40)43(36-20-18-34(41)50-36)27-11-3-7-15-31(27)47(57)58;;;;/h1-24,49,52H,(H,53,54)(H,55,56)(H,57,58)(H,59,60);3*1H;/q;;;;+3/p-3. The molecule has 12 nitrogen and oxygen atoms in total. The fourth-order valence-corrected chi connectivity index (χ4v) is 7.89. The van der Waals surface area contributed by atoms with Crippen LogP contribution in [0.3, 0.4) is 0 Å². The van der Waals surface area contributed by atoms with E-state index in [9.17, 15) is 39.6 Å². The van der Waals surface area contributed by atoms with Crippen molar-refractivity contribution < 1.29 is 93.9 Å². The van der Waals surface area contributed by atoms with Crippen molar-refractivity contribution in [2.75, 3.05) is 0 Å². The van der Waals surface area contributed by atoms with Gasteiger partial charge in [-0.2, -0.15) is 0 Å². The zero-order valence-electron chi connectivity index (χ0n) is 32.7. The van der Waals surface area contributed by atoms with E-state index in [2.05, 4.69) is 9.97 Å². The Morgan fingerprint density at radius 2 is 0.547 bits per heavy atom. The number of fused-ring (bicyclic) bond motifs is 8. The van der Waals surface area contributed by atoms with Gasteiger partial charge in [0.1, 0.15) is 0 Å². The number of hydrogen-bond acceptors (Lipinski definition) is 6. The van der Waals surface area contributed by atoms with Crippen molar-refractivity contribution in [3.05, 3.63) is 166 Å². The molecule has 0 unspecified atom stereocenters. The Balaban J connectivity index is 0.00000193. The van der Waals surface area contributed by atoms with E-state index in [0.717, 1.165) is 0 Å². The van der Waals surface area contributed by atoms with Crippen molar-refractivity contribution in [2.24, 2.45) is 0 Å². The number of halogens is 3. The van der Waals surface area contributed by atoms with Crippen molar-refractivity contribution in [3.63, 3.8) is 0 Å². The number of aromatic carboxylic acids is 4. The number of benzene rings is 4. The molecule has 0 atom stereocenters. The van der Waals surface area contributed by atoms with Crippen LogP contribution < -0.4 is 37.2 Å². The quantitative estimate of drug-likeness (QED) is 0.120. The molecule has 64 heavy (non-hydrogen) atoms. The maximum atomic E-state index is 12.7. The minimum Gasteiger partial charge on any atom is -1.00 e. The van der Waals surface area contributed by atoms with Crippen molar-refractivity contribution >= 4 is 70.2 Å². The molecule has 0 saturated carbocycles. The number of aromatic nitrogens is 4. The van der Waals surface area contributed by atoms with Gasteiger partial charge in [0.25, 0.3) is 0 Å². The van der Waals surface area contributed by atoms with Crippen LogP contribution in [0.1, 0.15) is 64.2 Å². The zero-order valence-corrected chi connectivity index (χ0v) is 36.1. The minimum absolute atomic E-state index is 0. The third-order valence-corrected chi connectivity index (χ3v) is 10.5. The number of rotatable bonds is 8. The summed E-state index contributed by atoms with van der Waals surface area (Å²) >= 11 is 0. The van der Waals surface area contributed by atoms with Gasteiger partial charge in [-0.25, -0.2) is 29.1 Å². The number of carboxylic acids is 4. The normalized spacial score (nSPS) is 11.0. The molecule has 3 aromatic heterocycles. The number of nitrogens with one attached hydrogen (secondary N) is 2. The van der Waals surface area contributed by atoms with Gasteiger partial charge in [-0.15, -0.1) is 0 Å². The molecule has 9 rings (SSSR count). The van der Waals surface area contributed by atoms with Gasteiger partial charge in [0.2, 0.25) is 0 Å². The summed E-state index contributed by atoms with van der Waals surface area (Å²) in [5.74, 6) is -4.67. The van der Waals surface area contributed by atoms with Crippen LogP contribution in [0.5, 0.6) is 0 Å². The smallest absolute Gasteiger partial charge is 1.00 e. The zero-order chi connectivity index (χ0) is 41.7. The molecular formula is C48H30Cl3MnN4O8. The van der Waals surface area contributed by atoms with Crippen molar-refractivity contribution in [1.82, 2.24) is 19.9 Å². The molecule has 7 aromatic rings. The van der Waals surface area contributed by atoms with E-state index in [4.69, 9.17) is 9.97 Å². The van der Waals surface area contributed by atoms with Gasteiger partial charge in [-0.3, -0.25) is 0 Å². The SMILES string of the molecule is O=C(O)c1ccccc1-c1c2nc(c(-c3ccccc3C(=O)O)c3ccc([nH]3)c(-c3ccccc3C(=O)O)c3nc(c(-c4ccccc4C(=O)O)c4ccc1[nH]4)C=C3)C=C2.[Cl-].[Cl-].[Cl-].[Mn+3]. The Bertz CT molecular complexity index is 2850. The van der Waals surface area contributed by atoms with E-state index in [1.165, 1.54) is 24.3 Å². The topological polar surface area (TPSA) is 207 Å². The fraction of sp³-hybridized carbons (Fsp3) is 0. The van der Waals surface area contributed by atoms with Gasteiger partial charge in [0.05, 0.1) is 45.0 Å². The summed E-state index contributed by atoms with van der Waals surface area (Å²) in [6, 6.07) is 33.1. The molecule has 0 radical (unpaired) electrons. The molecule has 2 aliphatic rings. The second-order valence-corrected chi connectivity index (χ2v) is 13.9. The van der Waals surface area contributed by atoms with Crippen LogP contribution in [-0.2, 0) is 17.1 Å². The molecule has 0 aliphatic carbocycles. The monoisotopic (exact) mass is 950 g/mol. The largest absolute Gasteiger partial charge is 3.00 e. The molecule has 4 aromatic carbocycles. The number of carbonyl (C=O) groups is 4. The molecule has 8 bridgehead atoms. The van der Waals surface area contributed by atoms with E-state index >= 15 is 0 Å². The van der Waals surface area contributed by atoms with E-state index < -0.39 is 23.9 Å². The minimum atomic E-state index is -1.17. The molecule has 6 N–H and O–H groups in total. The Labute approximate surface area is 392 Å². The summed E-state index contributed by atoms with van der Waals surface area (Å²) in [5.41, 5.74) is 6.29. The number of H-pyrrole nitrogens is 2. The Kier molecular flexibility index (Phi) is 14.5. The van der Waals surface area contributed by atoms with Crippen molar-refractivity contribution in [1.29, 1.82) is 0 Å². The van der Waals surface area contributed by atoms with Crippen molar-refractivity contribution in [3.8, 4) is 44.5 Å². The van der Waals surface area contributed by atoms with Gasteiger partial charge in [0.15, 0.2) is 0 Å². The molecular weight excluding hydrogens is 922 g/mol. The molecule has 318 valence electrons. The summed E-state index contributed by atoms with van der Waals surface area (Å²) in [6.45, 7) is 0. The average Bonchev–Trinajstić information content (AvgIpc) is 4.09. The van der Waals surface area contributed by atoms with Crippen LogP contribution in [0.2, 0.25) is 0 Å². The Hall–Kier alpha value is -7.25. The second kappa shape index (κ2) is 19.4. The van der Waals surface area contributed by atoms with E-state index in [1.807, 2.05) is 0 Å². The maximum Gasteiger partial charge on any atom is 3.00 e. The van der Waals surface area contributed by atoms with Gasteiger partial charge in [0, 0.05) is 66.6 Å². The number of hydrogen-bond donors (Lipinski definition) is 6. The van der Waals surface area contributed by atoms with Crippen LogP contribution in [0.15, 0.2) is 121 Å². The maximum absolute atomic E-state index is 12.7. The molecule has 16 heteroatoms. The predicted molar refractivity (Wildman–Crippen MR) is 228 cm³/mol. The first-order valence-corrected chi connectivity index (χ1v) is 18.6. The van der Waals surface area contributed by atoms with Crippen molar-refractivity contribution in [2.45, 2.75) is 0 Å². The molecule has 0 fully saturated rings. The third-order valence-electron chi connectivity index (χ3n) is 10.5. The van der Waals surface area contributed by atoms with Crippen LogP contribution in [0.25, 0.3) is 90.9 Å². The average molecular weight is 952 g/mol. The first-order chi connectivity index (χ1) is 29.1. The summed E-state index contributed by atoms with van der Waals surface area (Å²) in [6.07, 6.45) is 6.91. The Morgan fingerprint density at radius 1 is 0.344 bits per heavy atom. The van der Waals surface area contributed by atoms with E-state index in [1.54, 1.807) is 121 Å². The molecule has 0 saturated heterocycles. The number of carboxylic acid groups (broad SMARTS) is 4. The first-order valence-electron chi connectivity index (χ1n) is 18.6. The summed E-state index contributed by atoms with van der Waals surface area (Å²) in [7, 11) is 0. The van der Waals surface area contributed by atoms with Crippen LogP contribution in [0, 0.1) is 0 Å². The van der Waals surface area contributed by atoms with Crippen LogP contribution in [0.4, 0.5) is 0 Å². The first kappa shape index (κ1) is 47.8. The van der Waals surface area contributed by atoms with E-state index in [-0.39, 0.29) is 76.5 Å². The summed E-state index contributed by atoms with van der Waals surface area (Å²) < 4.78 is 0. The van der Waals surface area contributed by atoms with Gasteiger partial charge < -0.3 is 67.6 Å². The number of nitrogens with zero attached hydrogens (tertiary/aromatic N) is 2. The van der Waals surface area contributed by atoms with Gasteiger partial charge in [-0.1, -0.05) is 72.8 Å². The van der Waals surface area contributed by atoms with Crippen LogP contribution in [-0.4, -0.2) is 64.2 Å². The predicted octanol–water partition coefficient (Wildman–Crippen LogP) is 1.13. The third kappa shape index (κ3) is 8.46. The molecule has 0 amide bonds. The van der Waals surface area contributed by atoms with Gasteiger partial charge in [-0.05, 0) is 72.8 Å². The molecule has 5 heterocycles. The number of aromatic amines is 2. The summed E-state index contributed by atoms with van der Waals surface area (Å²) in [5, 5.41) is 41.5. The second-order valence-electron chi connectivity index (χ2n) is 13.9. The van der Waals surface area contributed by atoms with Crippen LogP contribution >= 0.6 is 0 Å². The van der Waals surface area contributed by atoms with E-state index in [0.29, 0.717) is 89.4 Å². The Morgan fingerprint density at radius 3 is 0.750 bits per heavy atom. The summed E-state index contributed by atoms with van der Waals surface area (Å²) in [4.78, 5) is 67.9. The molecule has 2 aliphatic heterocycles.